The van der Waals surface area contributed by atoms with Gasteiger partial charge in [0.15, 0.2) is 0 Å². The predicted molar refractivity (Wildman–Crippen MR) is 122 cm³/mol. The van der Waals surface area contributed by atoms with Crippen LogP contribution in [-0.4, -0.2) is 31.5 Å². The first-order chi connectivity index (χ1) is 15.7. The number of aromatic nitrogens is 1. The number of nitrogens with zero attached hydrogens (tertiary/aromatic N) is 1. The number of nitrogens with two attached hydrogens (primary N) is 2. The highest BCUT2D eigenvalue weighted by Crippen LogP contribution is 2.11. The van der Waals surface area contributed by atoms with Gasteiger partial charge in [0.1, 0.15) is 5.82 Å². The van der Waals surface area contributed by atoms with E-state index in [0.29, 0.717) is 18.7 Å². The van der Waals surface area contributed by atoms with E-state index in [1.165, 1.54) is 12.1 Å². The van der Waals surface area contributed by atoms with Crippen LogP contribution in [0.3, 0.4) is 0 Å². The van der Waals surface area contributed by atoms with Crippen LogP contribution in [0.2, 0.25) is 0 Å². The van der Waals surface area contributed by atoms with E-state index in [1.54, 1.807) is 48.5 Å². The molecule has 2 aromatic carbocycles. The first-order valence-electron chi connectivity index (χ1n) is 10.1. The number of sulfonamides is 1. The monoisotopic (exact) mass is 468 g/mol. The fraction of sp³-hybridized carbons (Fsp3) is 0.174. The van der Waals surface area contributed by atoms with Crippen molar-refractivity contribution in [3.05, 3.63) is 89.6 Å². The molecule has 5 N–H and O–H groups in total. The third-order valence-corrected chi connectivity index (χ3v) is 6.15. The largest absolute Gasteiger partial charge is 0.389 e. The van der Waals surface area contributed by atoms with Crippen LogP contribution in [0.4, 0.5) is 5.82 Å². The fourth-order valence-electron chi connectivity index (χ4n) is 3.01. The minimum atomic E-state index is -3.90. The number of carbonyl (C=O) groups excluding carboxylic acids is 2. The molecule has 0 fully saturated rings. The predicted octanol–water partition coefficient (Wildman–Crippen LogP) is 1.79. The summed E-state index contributed by atoms with van der Waals surface area (Å²) in [6.07, 6.45) is -0.382. The van der Waals surface area contributed by atoms with Crippen LogP contribution in [0.15, 0.2) is 77.7 Å². The van der Waals surface area contributed by atoms with E-state index in [2.05, 4.69) is 9.71 Å². The van der Waals surface area contributed by atoms with Crippen LogP contribution < -0.4 is 16.2 Å². The van der Waals surface area contributed by atoms with Crippen LogP contribution >= 0.6 is 0 Å². The first-order valence-corrected chi connectivity index (χ1v) is 11.6. The number of rotatable bonds is 9. The Bertz CT molecular complexity index is 1220. The second-order valence-corrected chi connectivity index (χ2v) is 8.97. The van der Waals surface area contributed by atoms with E-state index >= 15 is 0 Å². The highest BCUT2D eigenvalue weighted by molar-refractivity contribution is 7.89. The molecule has 3 rings (SSSR count). The van der Waals surface area contributed by atoms with E-state index in [4.69, 9.17) is 16.2 Å². The summed E-state index contributed by atoms with van der Waals surface area (Å²) in [6, 6.07) is 19.6. The molecule has 0 saturated carbocycles. The lowest BCUT2D eigenvalue weighted by Crippen LogP contribution is -2.43. The van der Waals surface area contributed by atoms with Crippen LogP contribution in [0.5, 0.6) is 0 Å². The fourth-order valence-corrected chi connectivity index (χ4v) is 4.14. The number of carbonyl (C=O) groups is 2. The molecule has 172 valence electrons. The number of benzene rings is 2. The van der Waals surface area contributed by atoms with E-state index < -0.39 is 34.5 Å². The van der Waals surface area contributed by atoms with E-state index in [1.807, 2.05) is 12.1 Å². The molecule has 3 aromatic rings. The molecule has 10 heteroatoms. The van der Waals surface area contributed by atoms with Crippen molar-refractivity contribution >= 4 is 27.8 Å². The highest BCUT2D eigenvalue weighted by atomic mass is 32.2. The van der Waals surface area contributed by atoms with E-state index in [0.717, 1.165) is 11.3 Å². The topological polar surface area (TPSA) is 154 Å². The Morgan fingerprint density at radius 3 is 2.30 bits per heavy atom. The van der Waals surface area contributed by atoms with Gasteiger partial charge in [0.05, 0.1) is 23.0 Å². The SMILES string of the molecule is Nc1cccc(CCc2ccc(C(=O)OC(=O)C[C@@H](N)NS(=O)(=O)c3ccccc3)cc2)n1. The number of anilines is 1. The summed E-state index contributed by atoms with van der Waals surface area (Å²) in [5, 5.41) is 0. The van der Waals surface area contributed by atoms with Gasteiger partial charge >= 0.3 is 11.9 Å². The number of hydrogen-bond acceptors (Lipinski definition) is 8. The van der Waals surface area contributed by atoms with Gasteiger partial charge in [-0.2, -0.15) is 4.72 Å². The van der Waals surface area contributed by atoms with Crippen molar-refractivity contribution in [1.29, 1.82) is 0 Å². The smallest absolute Gasteiger partial charge is 0.345 e. The molecule has 1 aromatic heterocycles. The zero-order chi connectivity index (χ0) is 23.8. The molecule has 0 aliphatic heterocycles. The molecule has 0 unspecified atom stereocenters. The van der Waals surface area contributed by atoms with Gasteiger partial charge in [-0.25, -0.2) is 18.2 Å². The summed E-state index contributed by atoms with van der Waals surface area (Å²) in [4.78, 5) is 28.5. The average Bonchev–Trinajstić information content (AvgIpc) is 2.78. The summed E-state index contributed by atoms with van der Waals surface area (Å²) in [6.45, 7) is 0. The molecule has 0 saturated heterocycles. The number of esters is 2. The number of nitrogens with one attached hydrogen (secondary N) is 1. The molecule has 33 heavy (non-hydrogen) atoms. The molecule has 9 nitrogen and oxygen atoms in total. The van der Waals surface area contributed by atoms with Crippen molar-refractivity contribution in [3.63, 3.8) is 0 Å². The summed E-state index contributed by atoms with van der Waals surface area (Å²) in [5.41, 5.74) is 13.4. The van der Waals surface area contributed by atoms with Crippen molar-refractivity contribution in [1.82, 2.24) is 9.71 Å². The number of hydrogen-bond donors (Lipinski definition) is 3. The van der Waals surface area contributed by atoms with Gasteiger partial charge < -0.3 is 16.2 Å². The van der Waals surface area contributed by atoms with Crippen LogP contribution in [0, 0.1) is 0 Å². The van der Waals surface area contributed by atoms with Crippen LogP contribution in [0.1, 0.15) is 28.0 Å². The molecule has 0 spiro atoms. The highest BCUT2D eigenvalue weighted by Gasteiger charge is 2.21. The molecule has 1 atom stereocenters. The quantitative estimate of drug-likeness (QED) is 0.244. The Balaban J connectivity index is 1.49. The van der Waals surface area contributed by atoms with Crippen molar-refractivity contribution in [3.8, 4) is 0 Å². The Morgan fingerprint density at radius 1 is 0.939 bits per heavy atom. The summed E-state index contributed by atoms with van der Waals surface area (Å²) >= 11 is 0. The Hall–Kier alpha value is -3.60. The Kier molecular flexibility index (Phi) is 7.88. The molecule has 1 heterocycles. The van der Waals surface area contributed by atoms with Crippen LogP contribution in [0.25, 0.3) is 0 Å². The lowest BCUT2D eigenvalue weighted by molar-refractivity contribution is -0.138. The normalized spacial score (nSPS) is 12.2. The van der Waals surface area contributed by atoms with Crippen molar-refractivity contribution in [2.75, 3.05) is 5.73 Å². The maximum Gasteiger partial charge on any atom is 0.345 e. The standard InChI is InChI=1S/C23H24N4O5S/c24-20-8-4-5-18(26-20)14-11-16-9-12-17(13-10-16)23(29)32-22(28)15-21(25)27-33(30,31)19-6-2-1-3-7-19/h1-10,12-13,21,27H,11,14-15,25H2,(H2,24,26)/t21-/m0/s1. The minimum absolute atomic E-state index is 0.0106. The number of nitrogen functional groups attached to an aromatic ring is 1. The second-order valence-electron chi connectivity index (χ2n) is 7.26. The zero-order valence-corrected chi connectivity index (χ0v) is 18.5. The van der Waals surface area contributed by atoms with Gasteiger partial charge in [0, 0.05) is 5.69 Å². The van der Waals surface area contributed by atoms with Gasteiger partial charge in [0.25, 0.3) is 0 Å². The van der Waals surface area contributed by atoms with Gasteiger partial charge in [0.2, 0.25) is 10.0 Å². The molecular weight excluding hydrogens is 444 g/mol. The van der Waals surface area contributed by atoms with Crippen molar-refractivity contribution in [2.24, 2.45) is 5.73 Å². The number of pyridine rings is 1. The number of ether oxygens (including phenoxy) is 1. The lowest BCUT2D eigenvalue weighted by atomic mass is 10.1. The summed E-state index contributed by atoms with van der Waals surface area (Å²) in [7, 11) is -3.90. The van der Waals surface area contributed by atoms with Crippen LogP contribution in [-0.2, 0) is 32.4 Å². The van der Waals surface area contributed by atoms with Gasteiger partial charge in [-0.1, -0.05) is 36.4 Å². The minimum Gasteiger partial charge on any atom is -0.389 e. The van der Waals surface area contributed by atoms with Crippen molar-refractivity contribution < 1.29 is 22.7 Å². The molecular formula is C23H24N4O5S. The molecule has 0 amide bonds. The van der Waals surface area contributed by atoms with Gasteiger partial charge in [-0.3, -0.25) is 4.79 Å². The lowest BCUT2D eigenvalue weighted by Gasteiger charge is -2.13. The third-order valence-electron chi connectivity index (χ3n) is 4.64. The zero-order valence-electron chi connectivity index (χ0n) is 17.7. The maximum atomic E-state index is 12.2. The molecule has 0 aliphatic rings. The summed E-state index contributed by atoms with van der Waals surface area (Å²) in [5.74, 6) is -1.33. The molecule has 0 radical (unpaired) electrons. The summed E-state index contributed by atoms with van der Waals surface area (Å²) < 4.78 is 31.5. The van der Waals surface area contributed by atoms with Gasteiger partial charge in [-0.15, -0.1) is 0 Å². The van der Waals surface area contributed by atoms with E-state index in [9.17, 15) is 18.0 Å². The Morgan fingerprint density at radius 2 is 1.64 bits per heavy atom. The second kappa shape index (κ2) is 10.8. The molecule has 0 bridgehead atoms. The van der Waals surface area contributed by atoms with Gasteiger partial charge in [-0.05, 0) is 54.8 Å². The maximum absolute atomic E-state index is 12.2. The van der Waals surface area contributed by atoms with E-state index in [-0.39, 0.29) is 10.5 Å². The third kappa shape index (κ3) is 7.21. The van der Waals surface area contributed by atoms with Crippen molar-refractivity contribution in [2.45, 2.75) is 30.3 Å². The number of aryl methyl sites for hydroxylation is 2. The first kappa shape index (κ1) is 24.1. The molecule has 0 aliphatic carbocycles. The average molecular weight is 469 g/mol. The Labute approximate surface area is 191 Å².